The van der Waals surface area contributed by atoms with Gasteiger partial charge >= 0.3 is 0 Å². The van der Waals surface area contributed by atoms with Crippen LogP contribution in [-0.2, 0) is 0 Å². The van der Waals surface area contributed by atoms with Crippen LogP contribution in [0.2, 0.25) is 0 Å². The molecule has 0 aliphatic heterocycles. The number of amides is 1. The zero-order valence-electron chi connectivity index (χ0n) is 13.5. The van der Waals surface area contributed by atoms with E-state index in [0.29, 0.717) is 16.0 Å². The van der Waals surface area contributed by atoms with Crippen molar-refractivity contribution in [2.24, 2.45) is 0 Å². The Balaban J connectivity index is 2.15. The summed E-state index contributed by atoms with van der Waals surface area (Å²) in [6, 6.07) is 7.40. The molecule has 0 atom stereocenters. The fourth-order valence-corrected chi connectivity index (χ4v) is 4.05. The molecular weight excluding hydrogens is 322 g/mol. The Kier molecular flexibility index (Phi) is 4.91. The Labute approximate surface area is 144 Å². The van der Waals surface area contributed by atoms with Gasteiger partial charge in [-0.3, -0.25) is 14.0 Å². The summed E-state index contributed by atoms with van der Waals surface area (Å²) in [5.41, 5.74) is 0.607. The third-order valence-electron chi connectivity index (χ3n) is 4.49. The zero-order valence-corrected chi connectivity index (χ0v) is 14.4. The molecule has 5 nitrogen and oxygen atoms in total. The highest BCUT2D eigenvalue weighted by atomic mass is 32.2. The van der Waals surface area contributed by atoms with Gasteiger partial charge < -0.3 is 5.32 Å². The minimum atomic E-state index is -0.383. The van der Waals surface area contributed by atoms with E-state index < -0.39 is 0 Å². The van der Waals surface area contributed by atoms with Gasteiger partial charge in [-0.15, -0.1) is 11.8 Å². The van der Waals surface area contributed by atoms with Crippen LogP contribution in [0.4, 0.5) is 0 Å². The summed E-state index contributed by atoms with van der Waals surface area (Å²) in [6.07, 6.45) is 8.81. The third-order valence-corrected chi connectivity index (χ3v) is 5.30. The number of carbonyl (C=O) groups is 1. The lowest BCUT2D eigenvalue weighted by atomic mass is 9.95. The van der Waals surface area contributed by atoms with Crippen LogP contribution in [-0.4, -0.2) is 22.6 Å². The van der Waals surface area contributed by atoms with E-state index >= 15 is 0 Å². The van der Waals surface area contributed by atoms with Crippen LogP contribution >= 0.6 is 11.8 Å². The van der Waals surface area contributed by atoms with Crippen LogP contribution in [0.1, 0.15) is 48.0 Å². The second-order valence-electron chi connectivity index (χ2n) is 5.96. The lowest BCUT2D eigenvalue weighted by molar-refractivity contribution is 0.0926. The molecule has 2 aromatic heterocycles. The first-order valence-corrected chi connectivity index (χ1v) is 9.32. The molecule has 0 radical (unpaired) electrons. The van der Waals surface area contributed by atoms with E-state index in [2.05, 4.69) is 5.32 Å². The maximum Gasteiger partial charge on any atom is 0.274 e. The monoisotopic (exact) mass is 341 g/mol. The zero-order chi connectivity index (χ0) is 17.1. The average molecular weight is 341 g/mol. The fourth-order valence-electron chi connectivity index (χ4n) is 3.31. The van der Waals surface area contributed by atoms with Crippen LogP contribution in [0.15, 0.2) is 34.1 Å². The first-order chi connectivity index (χ1) is 11.7. The summed E-state index contributed by atoms with van der Waals surface area (Å²) in [4.78, 5) is 25.9. The predicted molar refractivity (Wildman–Crippen MR) is 94.5 cm³/mol. The molecule has 0 spiro atoms. The number of fused-ring (bicyclic) bond motifs is 1. The van der Waals surface area contributed by atoms with Gasteiger partial charge in [0.15, 0.2) is 0 Å². The normalized spacial score (nSPS) is 15.2. The molecule has 6 heteroatoms. The minimum Gasteiger partial charge on any atom is -0.349 e. The van der Waals surface area contributed by atoms with Crippen molar-refractivity contribution >= 4 is 23.2 Å². The number of nitrogens with one attached hydrogen (secondary N) is 1. The molecule has 2 aromatic rings. The molecule has 1 N–H and O–H groups in total. The maximum atomic E-state index is 12.9. The van der Waals surface area contributed by atoms with E-state index in [1.807, 2.05) is 6.07 Å². The van der Waals surface area contributed by atoms with Gasteiger partial charge in [0.25, 0.3) is 11.5 Å². The van der Waals surface area contributed by atoms with E-state index in [0.717, 1.165) is 25.7 Å². The second kappa shape index (κ2) is 7.10. The summed E-state index contributed by atoms with van der Waals surface area (Å²) in [5.74, 6) is -0.202. The summed E-state index contributed by atoms with van der Waals surface area (Å²) in [7, 11) is 0. The molecule has 0 saturated heterocycles. The molecule has 0 unspecified atom stereocenters. The smallest absolute Gasteiger partial charge is 0.274 e. The van der Waals surface area contributed by atoms with E-state index in [1.165, 1.54) is 22.6 Å². The van der Waals surface area contributed by atoms with E-state index in [4.69, 9.17) is 0 Å². The molecule has 1 amide bonds. The molecule has 0 aromatic carbocycles. The van der Waals surface area contributed by atoms with Gasteiger partial charge in [0.2, 0.25) is 0 Å². The topological polar surface area (TPSA) is 74.4 Å². The number of thioether (sulfide) groups is 1. The highest BCUT2D eigenvalue weighted by Crippen LogP contribution is 2.27. The Bertz CT molecular complexity index is 876. The van der Waals surface area contributed by atoms with Crippen LogP contribution < -0.4 is 10.9 Å². The number of nitriles is 1. The van der Waals surface area contributed by atoms with Gasteiger partial charge in [-0.1, -0.05) is 25.3 Å². The van der Waals surface area contributed by atoms with Crippen LogP contribution in [0.3, 0.4) is 0 Å². The average Bonchev–Trinajstić information content (AvgIpc) is 2.62. The Morgan fingerprint density at radius 3 is 2.75 bits per heavy atom. The van der Waals surface area contributed by atoms with Crippen molar-refractivity contribution in [3.63, 3.8) is 0 Å². The van der Waals surface area contributed by atoms with Crippen molar-refractivity contribution in [2.75, 3.05) is 6.26 Å². The van der Waals surface area contributed by atoms with Gasteiger partial charge in [-0.2, -0.15) is 5.26 Å². The van der Waals surface area contributed by atoms with Crippen molar-refractivity contribution in [2.45, 2.75) is 43.0 Å². The van der Waals surface area contributed by atoms with Crippen molar-refractivity contribution < 1.29 is 4.79 Å². The van der Waals surface area contributed by atoms with Crippen molar-refractivity contribution in [1.82, 2.24) is 9.72 Å². The standard InChI is InChI=1S/C18H19N3O2S/c1-24-16-13(11-19)18(23)21-10-6-5-9-14(21)15(16)17(22)20-12-7-3-2-4-8-12/h5-6,9-10,12H,2-4,7-8H2,1H3,(H,20,22). The Morgan fingerprint density at radius 2 is 2.08 bits per heavy atom. The highest BCUT2D eigenvalue weighted by molar-refractivity contribution is 7.98. The number of hydrogen-bond donors (Lipinski definition) is 1. The molecule has 3 rings (SSSR count). The van der Waals surface area contributed by atoms with E-state index in [9.17, 15) is 14.9 Å². The number of aromatic nitrogens is 1. The van der Waals surface area contributed by atoms with Gasteiger partial charge in [0.1, 0.15) is 11.6 Å². The van der Waals surface area contributed by atoms with E-state index in [1.54, 1.807) is 30.7 Å². The molecule has 24 heavy (non-hydrogen) atoms. The molecule has 0 bridgehead atoms. The molecule has 1 aliphatic carbocycles. The van der Waals surface area contributed by atoms with Gasteiger partial charge in [0.05, 0.1) is 11.1 Å². The van der Waals surface area contributed by atoms with Gasteiger partial charge in [-0.25, -0.2) is 0 Å². The first kappa shape index (κ1) is 16.6. The second-order valence-corrected chi connectivity index (χ2v) is 6.78. The molecule has 1 aliphatic rings. The summed E-state index contributed by atoms with van der Waals surface area (Å²) >= 11 is 1.27. The molecular formula is C18H19N3O2S. The SMILES string of the molecule is CSc1c(C#N)c(=O)n2ccccc2c1C(=O)NC1CCCCC1. The van der Waals surface area contributed by atoms with Crippen LogP contribution in [0.25, 0.3) is 5.52 Å². The predicted octanol–water partition coefficient (Wildman–Crippen LogP) is 2.96. The van der Waals surface area contributed by atoms with Crippen molar-refractivity contribution in [3.05, 3.63) is 45.9 Å². The quantitative estimate of drug-likeness (QED) is 0.871. The number of pyridine rings is 2. The largest absolute Gasteiger partial charge is 0.349 e. The summed E-state index contributed by atoms with van der Waals surface area (Å²) < 4.78 is 1.38. The Morgan fingerprint density at radius 1 is 1.33 bits per heavy atom. The van der Waals surface area contributed by atoms with Gasteiger partial charge in [0, 0.05) is 17.1 Å². The van der Waals surface area contributed by atoms with Gasteiger partial charge in [-0.05, 0) is 31.2 Å². The third kappa shape index (κ3) is 2.92. The first-order valence-electron chi connectivity index (χ1n) is 8.09. The number of nitrogens with zero attached hydrogens (tertiary/aromatic N) is 2. The fraction of sp³-hybridized carbons (Fsp3) is 0.389. The number of carbonyl (C=O) groups excluding carboxylic acids is 1. The van der Waals surface area contributed by atoms with Crippen molar-refractivity contribution in [1.29, 1.82) is 5.26 Å². The molecule has 2 heterocycles. The summed E-state index contributed by atoms with van der Waals surface area (Å²) in [6.45, 7) is 0. The lowest BCUT2D eigenvalue weighted by Gasteiger charge is -2.23. The summed E-state index contributed by atoms with van der Waals surface area (Å²) in [5, 5.41) is 12.5. The van der Waals surface area contributed by atoms with Crippen molar-refractivity contribution in [3.8, 4) is 6.07 Å². The van der Waals surface area contributed by atoms with E-state index in [-0.39, 0.29) is 23.1 Å². The molecule has 124 valence electrons. The molecule has 1 saturated carbocycles. The van der Waals surface area contributed by atoms with Crippen LogP contribution in [0, 0.1) is 11.3 Å². The maximum absolute atomic E-state index is 12.9. The lowest BCUT2D eigenvalue weighted by Crippen LogP contribution is -2.37. The Hall–Kier alpha value is -2.26. The molecule has 1 fully saturated rings. The number of hydrogen-bond acceptors (Lipinski definition) is 4. The number of rotatable bonds is 3. The minimum absolute atomic E-state index is 0.0278. The van der Waals surface area contributed by atoms with Crippen LogP contribution in [0.5, 0.6) is 0 Å². The highest BCUT2D eigenvalue weighted by Gasteiger charge is 2.24.